The second kappa shape index (κ2) is 4.01. The Morgan fingerprint density at radius 1 is 1.60 bits per heavy atom. The van der Waals surface area contributed by atoms with Gasteiger partial charge in [0.1, 0.15) is 0 Å². The number of hydrogen-bond acceptors (Lipinski definition) is 2. The minimum Gasteiger partial charge on any atom is -0.472 e. The van der Waals surface area contributed by atoms with Crippen molar-refractivity contribution in [1.82, 2.24) is 0 Å². The van der Waals surface area contributed by atoms with Gasteiger partial charge < -0.3 is 9.52 Å². The molecule has 0 aromatic carbocycles. The van der Waals surface area contributed by atoms with Crippen LogP contribution in [0.4, 0.5) is 0 Å². The van der Waals surface area contributed by atoms with Gasteiger partial charge in [-0.25, -0.2) is 0 Å². The van der Waals surface area contributed by atoms with Crippen LogP contribution in [-0.2, 0) is 6.42 Å². The standard InChI is InChI=1S/C13H20O2/c1-13(2)6-3-4-11(13)12(14)8-10-5-7-15-9-10/h5,7,9,11-12,14H,3-4,6,8H2,1-2H3. The normalized spacial score (nSPS) is 26.7. The lowest BCUT2D eigenvalue weighted by atomic mass is 9.77. The molecule has 0 saturated heterocycles. The van der Waals surface area contributed by atoms with Gasteiger partial charge in [-0.3, -0.25) is 0 Å². The van der Waals surface area contributed by atoms with E-state index in [0.717, 1.165) is 18.4 Å². The predicted molar refractivity (Wildman–Crippen MR) is 59.5 cm³/mol. The van der Waals surface area contributed by atoms with Crippen molar-refractivity contribution < 1.29 is 9.52 Å². The molecule has 1 aromatic heterocycles. The first-order chi connectivity index (χ1) is 7.09. The van der Waals surface area contributed by atoms with Gasteiger partial charge in [-0.15, -0.1) is 0 Å². The molecule has 2 rings (SSSR count). The van der Waals surface area contributed by atoms with Crippen LogP contribution in [0.1, 0.15) is 38.7 Å². The largest absolute Gasteiger partial charge is 0.472 e. The van der Waals surface area contributed by atoms with E-state index >= 15 is 0 Å². The molecule has 84 valence electrons. The topological polar surface area (TPSA) is 33.4 Å². The van der Waals surface area contributed by atoms with Crippen LogP contribution in [0.3, 0.4) is 0 Å². The van der Waals surface area contributed by atoms with Crippen molar-refractivity contribution in [3.8, 4) is 0 Å². The van der Waals surface area contributed by atoms with Crippen molar-refractivity contribution in [3.05, 3.63) is 24.2 Å². The Bertz CT molecular complexity index is 300. The molecule has 2 nitrogen and oxygen atoms in total. The Morgan fingerprint density at radius 3 is 2.93 bits per heavy atom. The lowest BCUT2D eigenvalue weighted by Gasteiger charge is -2.31. The van der Waals surface area contributed by atoms with Gasteiger partial charge in [-0.2, -0.15) is 0 Å². The summed E-state index contributed by atoms with van der Waals surface area (Å²) >= 11 is 0. The van der Waals surface area contributed by atoms with E-state index in [2.05, 4.69) is 13.8 Å². The Hall–Kier alpha value is -0.760. The summed E-state index contributed by atoms with van der Waals surface area (Å²) in [6.45, 7) is 4.53. The van der Waals surface area contributed by atoms with Gasteiger partial charge in [0.2, 0.25) is 0 Å². The maximum Gasteiger partial charge on any atom is 0.0935 e. The molecule has 0 bridgehead atoms. The molecule has 0 spiro atoms. The van der Waals surface area contributed by atoms with Crippen LogP contribution < -0.4 is 0 Å². The van der Waals surface area contributed by atoms with Crippen molar-refractivity contribution in [2.45, 2.75) is 45.6 Å². The fourth-order valence-corrected chi connectivity index (χ4v) is 2.86. The van der Waals surface area contributed by atoms with E-state index in [-0.39, 0.29) is 6.10 Å². The average molecular weight is 208 g/mol. The maximum atomic E-state index is 10.2. The Balaban J connectivity index is 1.99. The summed E-state index contributed by atoms with van der Waals surface area (Å²) in [5, 5.41) is 10.2. The Kier molecular flexibility index (Phi) is 2.87. The van der Waals surface area contributed by atoms with E-state index in [0.29, 0.717) is 11.3 Å². The molecule has 2 atom stereocenters. The minimum absolute atomic E-state index is 0.222. The lowest BCUT2D eigenvalue weighted by Crippen LogP contribution is -2.31. The molecular weight excluding hydrogens is 188 g/mol. The van der Waals surface area contributed by atoms with Gasteiger partial charge in [0.15, 0.2) is 0 Å². The second-order valence-electron chi connectivity index (χ2n) is 5.39. The predicted octanol–water partition coefficient (Wildman–Crippen LogP) is 3.01. The number of aliphatic hydroxyl groups excluding tert-OH is 1. The molecule has 1 aromatic rings. The molecule has 1 aliphatic rings. The van der Waals surface area contributed by atoms with Crippen molar-refractivity contribution in [1.29, 1.82) is 0 Å². The summed E-state index contributed by atoms with van der Waals surface area (Å²) in [7, 11) is 0. The number of furan rings is 1. The van der Waals surface area contributed by atoms with Crippen LogP contribution in [0.15, 0.2) is 23.0 Å². The van der Waals surface area contributed by atoms with Crippen LogP contribution in [-0.4, -0.2) is 11.2 Å². The van der Waals surface area contributed by atoms with E-state index in [1.807, 2.05) is 6.07 Å². The molecule has 1 aliphatic carbocycles. The van der Waals surface area contributed by atoms with Crippen LogP contribution in [0.25, 0.3) is 0 Å². The highest BCUT2D eigenvalue weighted by Crippen LogP contribution is 2.44. The lowest BCUT2D eigenvalue weighted by molar-refractivity contribution is 0.0542. The summed E-state index contributed by atoms with van der Waals surface area (Å²) < 4.78 is 5.02. The van der Waals surface area contributed by atoms with Gasteiger partial charge in [-0.1, -0.05) is 20.3 Å². The third-order valence-corrected chi connectivity index (χ3v) is 3.83. The number of rotatable bonds is 3. The Labute approximate surface area is 91.3 Å². The molecule has 0 aliphatic heterocycles. The van der Waals surface area contributed by atoms with E-state index in [1.165, 1.54) is 12.8 Å². The number of hydrogen-bond donors (Lipinski definition) is 1. The SMILES string of the molecule is CC1(C)CCCC1C(O)Cc1ccoc1. The quantitative estimate of drug-likeness (QED) is 0.828. The zero-order valence-electron chi connectivity index (χ0n) is 9.57. The van der Waals surface area contributed by atoms with Crippen LogP contribution in [0.5, 0.6) is 0 Å². The van der Waals surface area contributed by atoms with Crippen molar-refractivity contribution in [3.63, 3.8) is 0 Å². The van der Waals surface area contributed by atoms with Crippen molar-refractivity contribution in [2.75, 3.05) is 0 Å². The fourth-order valence-electron chi connectivity index (χ4n) is 2.86. The third-order valence-electron chi connectivity index (χ3n) is 3.83. The van der Waals surface area contributed by atoms with Gasteiger partial charge in [0, 0.05) is 6.42 Å². The first kappa shape index (κ1) is 10.7. The third kappa shape index (κ3) is 2.25. The van der Waals surface area contributed by atoms with Crippen molar-refractivity contribution >= 4 is 0 Å². The van der Waals surface area contributed by atoms with Gasteiger partial charge in [-0.05, 0) is 35.8 Å². The average Bonchev–Trinajstić information content (AvgIpc) is 2.73. The summed E-state index contributed by atoms with van der Waals surface area (Å²) in [4.78, 5) is 0. The highest BCUT2D eigenvalue weighted by molar-refractivity contribution is 5.08. The second-order valence-corrected chi connectivity index (χ2v) is 5.39. The van der Waals surface area contributed by atoms with Crippen LogP contribution >= 0.6 is 0 Å². The molecule has 1 N–H and O–H groups in total. The van der Waals surface area contributed by atoms with Gasteiger partial charge in [0.25, 0.3) is 0 Å². The zero-order chi connectivity index (χ0) is 10.9. The van der Waals surface area contributed by atoms with Crippen LogP contribution in [0.2, 0.25) is 0 Å². The van der Waals surface area contributed by atoms with Gasteiger partial charge >= 0.3 is 0 Å². The minimum atomic E-state index is -0.222. The van der Waals surface area contributed by atoms with E-state index in [4.69, 9.17) is 4.42 Å². The zero-order valence-corrected chi connectivity index (χ0v) is 9.57. The smallest absolute Gasteiger partial charge is 0.0935 e. The first-order valence-corrected chi connectivity index (χ1v) is 5.79. The van der Waals surface area contributed by atoms with Crippen molar-refractivity contribution in [2.24, 2.45) is 11.3 Å². The molecule has 1 heterocycles. The van der Waals surface area contributed by atoms with Gasteiger partial charge in [0.05, 0.1) is 18.6 Å². The van der Waals surface area contributed by atoms with E-state index < -0.39 is 0 Å². The highest BCUT2D eigenvalue weighted by atomic mass is 16.3. The molecular formula is C13H20O2. The fraction of sp³-hybridized carbons (Fsp3) is 0.692. The molecule has 1 saturated carbocycles. The molecule has 15 heavy (non-hydrogen) atoms. The number of aliphatic hydroxyl groups is 1. The maximum absolute atomic E-state index is 10.2. The summed E-state index contributed by atoms with van der Waals surface area (Å²) in [5.41, 5.74) is 1.40. The monoisotopic (exact) mass is 208 g/mol. The molecule has 0 amide bonds. The molecule has 1 fully saturated rings. The summed E-state index contributed by atoms with van der Waals surface area (Å²) in [5.74, 6) is 0.437. The summed E-state index contributed by atoms with van der Waals surface area (Å²) in [6, 6.07) is 1.94. The summed E-state index contributed by atoms with van der Waals surface area (Å²) in [6.07, 6.45) is 7.55. The van der Waals surface area contributed by atoms with E-state index in [1.54, 1.807) is 12.5 Å². The highest BCUT2D eigenvalue weighted by Gasteiger charge is 2.38. The Morgan fingerprint density at radius 2 is 2.40 bits per heavy atom. The molecule has 2 unspecified atom stereocenters. The molecule has 2 heteroatoms. The molecule has 0 radical (unpaired) electrons. The first-order valence-electron chi connectivity index (χ1n) is 5.79. The van der Waals surface area contributed by atoms with E-state index in [9.17, 15) is 5.11 Å². The van der Waals surface area contributed by atoms with Crippen LogP contribution in [0, 0.1) is 11.3 Å².